The van der Waals surface area contributed by atoms with Crippen molar-refractivity contribution in [1.29, 1.82) is 0 Å². The van der Waals surface area contributed by atoms with E-state index >= 15 is 0 Å². The highest BCUT2D eigenvalue weighted by Gasteiger charge is 2.24. The first-order valence-corrected chi connectivity index (χ1v) is 8.06. The van der Waals surface area contributed by atoms with Gasteiger partial charge in [0.25, 0.3) is 0 Å². The van der Waals surface area contributed by atoms with Crippen LogP contribution in [0, 0.1) is 0 Å². The van der Waals surface area contributed by atoms with Gasteiger partial charge < -0.3 is 9.47 Å². The molecule has 110 valence electrons. The van der Waals surface area contributed by atoms with E-state index in [-0.39, 0.29) is 5.54 Å². The lowest BCUT2D eigenvalue weighted by molar-refractivity contribution is 0.170. The lowest BCUT2D eigenvalue weighted by Crippen LogP contribution is -2.42. The molecule has 0 unspecified atom stereocenters. The van der Waals surface area contributed by atoms with Gasteiger partial charge in [-0.15, -0.1) is 11.6 Å². The van der Waals surface area contributed by atoms with Gasteiger partial charge in [-0.3, -0.25) is 0 Å². The molecule has 0 saturated heterocycles. The molecule has 0 spiro atoms. The van der Waals surface area contributed by atoms with Crippen LogP contribution in [0.3, 0.4) is 0 Å². The fourth-order valence-corrected chi connectivity index (χ4v) is 2.64. The summed E-state index contributed by atoms with van der Waals surface area (Å²) in [7, 11) is 4.21. The molecule has 5 heteroatoms. The van der Waals surface area contributed by atoms with Gasteiger partial charge in [-0.2, -0.15) is 0 Å². The van der Waals surface area contributed by atoms with E-state index in [0.717, 1.165) is 34.3 Å². The normalized spacial score (nSPS) is 12.6. The van der Waals surface area contributed by atoms with E-state index in [4.69, 9.17) is 16.6 Å². The van der Waals surface area contributed by atoms with E-state index < -0.39 is 0 Å². The third-order valence-corrected chi connectivity index (χ3v) is 4.55. The van der Waals surface area contributed by atoms with Crippen LogP contribution in [0.1, 0.15) is 19.7 Å². The molecule has 20 heavy (non-hydrogen) atoms. The minimum Gasteiger partial charge on any atom is -0.326 e. The van der Waals surface area contributed by atoms with E-state index in [1.807, 2.05) is 6.07 Å². The highest BCUT2D eigenvalue weighted by atomic mass is 79.9. The third-order valence-electron chi connectivity index (χ3n) is 3.86. The largest absolute Gasteiger partial charge is 0.326 e. The van der Waals surface area contributed by atoms with Gasteiger partial charge in [0.1, 0.15) is 5.82 Å². The van der Waals surface area contributed by atoms with Crippen LogP contribution in [0.25, 0.3) is 11.0 Å². The summed E-state index contributed by atoms with van der Waals surface area (Å²) in [5, 5.41) is 0. The van der Waals surface area contributed by atoms with Crippen LogP contribution < -0.4 is 0 Å². The van der Waals surface area contributed by atoms with Crippen LogP contribution in [0.15, 0.2) is 22.7 Å². The fourth-order valence-electron chi connectivity index (χ4n) is 2.13. The zero-order valence-electron chi connectivity index (χ0n) is 12.5. The van der Waals surface area contributed by atoms with Crippen molar-refractivity contribution in [3.63, 3.8) is 0 Å². The number of likely N-dealkylation sites (N-methyl/N-ethyl adjacent to an activating group) is 1. The molecule has 0 fully saturated rings. The number of rotatable bonds is 5. The first kappa shape index (κ1) is 15.8. The Morgan fingerprint density at radius 3 is 2.65 bits per heavy atom. The molecule has 1 aromatic carbocycles. The van der Waals surface area contributed by atoms with Crippen LogP contribution in [0.5, 0.6) is 0 Å². The Morgan fingerprint density at radius 2 is 2.05 bits per heavy atom. The molecule has 2 aromatic rings. The predicted octanol–water partition coefficient (Wildman–Crippen LogP) is 3.92. The SMILES string of the molecule is CN(C)C(C)(C)Cn1c(CCCl)nc2ccc(Br)cc21. The highest BCUT2D eigenvalue weighted by molar-refractivity contribution is 9.10. The summed E-state index contributed by atoms with van der Waals surface area (Å²) in [5.74, 6) is 1.65. The summed E-state index contributed by atoms with van der Waals surface area (Å²) in [6.07, 6.45) is 0.789. The van der Waals surface area contributed by atoms with Gasteiger partial charge >= 0.3 is 0 Å². The number of hydrogen-bond acceptors (Lipinski definition) is 2. The van der Waals surface area contributed by atoms with E-state index in [1.165, 1.54) is 0 Å². The summed E-state index contributed by atoms with van der Waals surface area (Å²) < 4.78 is 3.37. The number of benzene rings is 1. The van der Waals surface area contributed by atoms with Gasteiger partial charge in [0.2, 0.25) is 0 Å². The number of nitrogens with zero attached hydrogens (tertiary/aromatic N) is 3. The zero-order valence-corrected chi connectivity index (χ0v) is 14.8. The van der Waals surface area contributed by atoms with Gasteiger partial charge in [-0.1, -0.05) is 15.9 Å². The Balaban J connectivity index is 2.53. The van der Waals surface area contributed by atoms with Crippen molar-refractivity contribution >= 4 is 38.6 Å². The second-order valence-electron chi connectivity index (χ2n) is 5.89. The van der Waals surface area contributed by atoms with Gasteiger partial charge in [0.05, 0.1) is 11.0 Å². The molecule has 0 aliphatic carbocycles. The first-order valence-electron chi connectivity index (χ1n) is 6.73. The Morgan fingerprint density at radius 1 is 1.35 bits per heavy atom. The Bertz CT molecular complexity index is 604. The Kier molecular flexibility index (Phi) is 4.77. The number of aromatic nitrogens is 2. The molecule has 1 heterocycles. The maximum absolute atomic E-state index is 5.93. The second kappa shape index (κ2) is 6.04. The minimum atomic E-state index is 0.0526. The summed E-state index contributed by atoms with van der Waals surface area (Å²) in [6.45, 7) is 5.36. The topological polar surface area (TPSA) is 21.1 Å². The van der Waals surface area contributed by atoms with E-state index in [2.05, 4.69) is 65.5 Å². The number of fused-ring (bicyclic) bond motifs is 1. The van der Waals surface area contributed by atoms with Crippen molar-refractivity contribution in [1.82, 2.24) is 14.5 Å². The number of imidazole rings is 1. The van der Waals surface area contributed by atoms with Crippen molar-refractivity contribution in [2.45, 2.75) is 32.4 Å². The standard InChI is InChI=1S/C15H21BrClN3/c1-15(2,19(3)4)10-20-13-9-11(16)5-6-12(13)18-14(20)7-8-17/h5-6,9H,7-8,10H2,1-4H3. The van der Waals surface area contributed by atoms with Crippen LogP contribution in [-0.2, 0) is 13.0 Å². The van der Waals surface area contributed by atoms with Crippen LogP contribution in [0.2, 0.25) is 0 Å². The number of alkyl halides is 1. The maximum Gasteiger partial charge on any atom is 0.111 e. The molecule has 0 bridgehead atoms. The van der Waals surface area contributed by atoms with Crippen molar-refractivity contribution in [2.24, 2.45) is 0 Å². The second-order valence-corrected chi connectivity index (χ2v) is 7.19. The average Bonchev–Trinajstić information content (AvgIpc) is 2.67. The molecule has 0 radical (unpaired) electrons. The Labute approximate surface area is 134 Å². The van der Waals surface area contributed by atoms with Gasteiger partial charge in [-0.25, -0.2) is 4.98 Å². The molecule has 0 aliphatic rings. The van der Waals surface area contributed by atoms with E-state index in [0.29, 0.717) is 5.88 Å². The molecule has 0 amide bonds. The summed E-state index contributed by atoms with van der Waals surface area (Å²) >= 11 is 9.47. The minimum absolute atomic E-state index is 0.0526. The highest BCUT2D eigenvalue weighted by Crippen LogP contribution is 2.24. The van der Waals surface area contributed by atoms with Gasteiger partial charge in [0, 0.05) is 28.9 Å². The van der Waals surface area contributed by atoms with Gasteiger partial charge in [-0.05, 0) is 46.1 Å². The average molecular weight is 359 g/mol. The smallest absolute Gasteiger partial charge is 0.111 e. The quantitative estimate of drug-likeness (QED) is 0.755. The molecule has 0 N–H and O–H groups in total. The maximum atomic E-state index is 5.93. The Hall–Kier alpha value is -0.580. The van der Waals surface area contributed by atoms with Crippen molar-refractivity contribution in [3.05, 3.63) is 28.5 Å². The molecule has 2 rings (SSSR count). The first-order chi connectivity index (χ1) is 9.35. The molecule has 3 nitrogen and oxygen atoms in total. The zero-order chi connectivity index (χ0) is 14.9. The predicted molar refractivity (Wildman–Crippen MR) is 89.6 cm³/mol. The molecular formula is C15H21BrClN3. The van der Waals surface area contributed by atoms with E-state index in [1.54, 1.807) is 0 Å². The van der Waals surface area contributed by atoms with Crippen molar-refractivity contribution in [2.75, 3.05) is 20.0 Å². The number of aryl methyl sites for hydroxylation is 1. The molecular weight excluding hydrogens is 338 g/mol. The van der Waals surface area contributed by atoms with Gasteiger partial charge in [0.15, 0.2) is 0 Å². The summed E-state index contributed by atoms with van der Waals surface area (Å²) in [4.78, 5) is 6.96. The monoisotopic (exact) mass is 357 g/mol. The van der Waals surface area contributed by atoms with E-state index in [9.17, 15) is 0 Å². The number of hydrogen-bond donors (Lipinski definition) is 0. The summed E-state index contributed by atoms with van der Waals surface area (Å²) in [6, 6.07) is 6.21. The van der Waals surface area contributed by atoms with Crippen LogP contribution in [0.4, 0.5) is 0 Å². The van der Waals surface area contributed by atoms with Crippen molar-refractivity contribution in [3.8, 4) is 0 Å². The fraction of sp³-hybridized carbons (Fsp3) is 0.533. The lowest BCUT2D eigenvalue weighted by atomic mass is 10.0. The van der Waals surface area contributed by atoms with Crippen LogP contribution >= 0.6 is 27.5 Å². The molecule has 0 aliphatic heterocycles. The summed E-state index contributed by atoms with van der Waals surface area (Å²) in [5.41, 5.74) is 2.24. The molecule has 0 saturated carbocycles. The third kappa shape index (κ3) is 3.18. The van der Waals surface area contributed by atoms with Crippen molar-refractivity contribution < 1.29 is 0 Å². The number of halogens is 2. The molecule has 1 aromatic heterocycles. The molecule has 0 atom stereocenters. The van der Waals surface area contributed by atoms with Crippen LogP contribution in [-0.4, -0.2) is 40.0 Å². The lowest BCUT2D eigenvalue weighted by Gasteiger charge is -2.33.